The molecule has 0 N–H and O–H groups in total. The molecule has 0 fully saturated rings. The molecule has 0 radical (unpaired) electrons. The van der Waals surface area contributed by atoms with Crippen LogP contribution in [0.15, 0.2) is 42.5 Å². The number of fused-ring (bicyclic) bond motifs is 1. The van der Waals surface area contributed by atoms with Crippen LogP contribution in [0.5, 0.6) is 0 Å². The molecule has 3 aromatic rings. The Morgan fingerprint density at radius 3 is 2.68 bits per heavy atom. The first kappa shape index (κ1) is 12.5. The Hall–Kier alpha value is -1.51. The molecule has 0 spiro atoms. The third kappa shape index (κ3) is 2.11. The van der Waals surface area contributed by atoms with Crippen molar-refractivity contribution in [3.05, 3.63) is 58.9 Å². The summed E-state index contributed by atoms with van der Waals surface area (Å²) in [5, 5.41) is 0.648. The molecule has 0 aliphatic heterocycles. The van der Waals surface area contributed by atoms with Crippen LogP contribution in [-0.4, -0.2) is 9.55 Å². The van der Waals surface area contributed by atoms with Gasteiger partial charge in [0.2, 0.25) is 0 Å². The highest BCUT2D eigenvalue weighted by Crippen LogP contribution is 2.27. The smallest absolute Gasteiger partial charge is 0.129 e. The molecule has 0 aliphatic rings. The number of halogens is 2. The molecule has 1 heterocycles. The van der Waals surface area contributed by atoms with Gasteiger partial charge in [0.15, 0.2) is 0 Å². The Morgan fingerprint density at radius 2 is 1.95 bits per heavy atom. The average molecular weight is 291 g/mol. The number of hydrogen-bond acceptors (Lipinski definition) is 1. The fraction of sp³-hybridized carbons (Fsp3) is 0.133. The molecule has 2 aromatic carbocycles. The van der Waals surface area contributed by atoms with Gasteiger partial charge in [-0.15, -0.1) is 11.6 Å². The zero-order valence-corrected chi connectivity index (χ0v) is 11.9. The molecule has 19 heavy (non-hydrogen) atoms. The van der Waals surface area contributed by atoms with Crippen LogP contribution in [0.3, 0.4) is 0 Å². The van der Waals surface area contributed by atoms with E-state index in [0.29, 0.717) is 10.9 Å². The summed E-state index contributed by atoms with van der Waals surface area (Å²) >= 11 is 12.2. The van der Waals surface area contributed by atoms with E-state index < -0.39 is 0 Å². The van der Waals surface area contributed by atoms with Crippen LogP contribution in [0.4, 0.5) is 0 Å². The minimum absolute atomic E-state index is 0.346. The number of aryl methyl sites for hydroxylation is 1. The second-order valence-corrected chi connectivity index (χ2v) is 5.12. The standard InChI is InChI=1S/C15H12Cl2N2/c1-10-4-2-5-11(8-10)19-13-7-3-6-12(17)15(13)18-14(19)9-16/h2-8H,9H2,1H3. The monoisotopic (exact) mass is 290 g/mol. The number of benzene rings is 2. The van der Waals surface area contributed by atoms with Crippen molar-refractivity contribution in [1.29, 1.82) is 0 Å². The van der Waals surface area contributed by atoms with Gasteiger partial charge in [0, 0.05) is 5.69 Å². The fourth-order valence-corrected chi connectivity index (χ4v) is 2.65. The van der Waals surface area contributed by atoms with Crippen molar-refractivity contribution in [2.45, 2.75) is 12.8 Å². The lowest BCUT2D eigenvalue weighted by Crippen LogP contribution is -1.99. The normalized spacial score (nSPS) is 11.1. The third-order valence-electron chi connectivity index (χ3n) is 3.08. The summed E-state index contributed by atoms with van der Waals surface area (Å²) in [6.07, 6.45) is 0. The maximum Gasteiger partial charge on any atom is 0.129 e. The molecule has 2 nitrogen and oxygen atoms in total. The summed E-state index contributed by atoms with van der Waals surface area (Å²) in [7, 11) is 0. The van der Waals surface area contributed by atoms with E-state index in [1.807, 2.05) is 30.3 Å². The summed E-state index contributed by atoms with van der Waals surface area (Å²) in [6.45, 7) is 2.07. The van der Waals surface area contributed by atoms with Crippen LogP contribution < -0.4 is 0 Å². The second-order valence-electron chi connectivity index (χ2n) is 4.44. The molecule has 0 saturated heterocycles. The van der Waals surface area contributed by atoms with Crippen molar-refractivity contribution >= 4 is 34.2 Å². The summed E-state index contributed by atoms with van der Waals surface area (Å²) in [6, 6.07) is 14.0. The van der Waals surface area contributed by atoms with E-state index in [1.165, 1.54) is 5.56 Å². The Kier molecular flexibility index (Phi) is 3.21. The largest absolute Gasteiger partial charge is 0.295 e. The lowest BCUT2D eigenvalue weighted by Gasteiger charge is -2.08. The van der Waals surface area contributed by atoms with Gasteiger partial charge in [0.1, 0.15) is 11.3 Å². The number of hydrogen-bond donors (Lipinski definition) is 0. The minimum Gasteiger partial charge on any atom is -0.295 e. The fourth-order valence-electron chi connectivity index (χ4n) is 2.26. The number of nitrogens with zero attached hydrogens (tertiary/aromatic N) is 2. The van der Waals surface area contributed by atoms with E-state index in [9.17, 15) is 0 Å². The lowest BCUT2D eigenvalue weighted by molar-refractivity contribution is 0.980. The number of rotatable bonds is 2. The van der Waals surface area contributed by atoms with Gasteiger partial charge in [-0.05, 0) is 36.8 Å². The summed E-state index contributed by atoms with van der Waals surface area (Å²) < 4.78 is 2.06. The minimum atomic E-state index is 0.346. The van der Waals surface area contributed by atoms with Crippen molar-refractivity contribution in [2.75, 3.05) is 0 Å². The zero-order valence-electron chi connectivity index (χ0n) is 10.4. The van der Waals surface area contributed by atoms with Gasteiger partial charge in [-0.3, -0.25) is 4.57 Å². The van der Waals surface area contributed by atoms with E-state index in [1.54, 1.807) is 0 Å². The molecule has 0 bridgehead atoms. The Bertz CT molecular complexity index is 747. The van der Waals surface area contributed by atoms with E-state index in [2.05, 4.69) is 28.6 Å². The molecular weight excluding hydrogens is 279 g/mol. The Balaban J connectivity index is 2.36. The maximum atomic E-state index is 6.20. The maximum absolute atomic E-state index is 6.20. The predicted octanol–water partition coefficient (Wildman–Crippen LogP) is 4.73. The van der Waals surface area contributed by atoms with Crippen molar-refractivity contribution in [2.24, 2.45) is 0 Å². The van der Waals surface area contributed by atoms with Crippen LogP contribution in [0.25, 0.3) is 16.7 Å². The lowest BCUT2D eigenvalue weighted by atomic mass is 10.2. The summed E-state index contributed by atoms with van der Waals surface area (Å²) in [5.74, 6) is 1.15. The highest BCUT2D eigenvalue weighted by Gasteiger charge is 2.13. The number of alkyl halides is 1. The second kappa shape index (κ2) is 4.87. The van der Waals surface area contributed by atoms with E-state index in [0.717, 1.165) is 22.5 Å². The Morgan fingerprint density at radius 1 is 1.16 bits per heavy atom. The molecule has 0 amide bonds. The first-order chi connectivity index (χ1) is 9.20. The van der Waals surface area contributed by atoms with E-state index in [-0.39, 0.29) is 0 Å². The highest BCUT2D eigenvalue weighted by molar-refractivity contribution is 6.35. The number of aromatic nitrogens is 2. The first-order valence-electron chi connectivity index (χ1n) is 5.99. The van der Waals surface area contributed by atoms with Crippen molar-refractivity contribution in [1.82, 2.24) is 9.55 Å². The molecule has 1 aromatic heterocycles. The van der Waals surface area contributed by atoms with Crippen molar-refractivity contribution in [3.63, 3.8) is 0 Å². The van der Waals surface area contributed by atoms with Gasteiger partial charge in [-0.2, -0.15) is 0 Å². The molecule has 3 rings (SSSR count). The van der Waals surface area contributed by atoms with Crippen LogP contribution in [0.1, 0.15) is 11.4 Å². The van der Waals surface area contributed by atoms with Crippen molar-refractivity contribution < 1.29 is 0 Å². The zero-order chi connectivity index (χ0) is 13.4. The molecule has 0 unspecified atom stereocenters. The molecule has 0 aliphatic carbocycles. The average Bonchev–Trinajstić information content (AvgIpc) is 2.78. The summed E-state index contributed by atoms with van der Waals surface area (Å²) in [5.41, 5.74) is 4.03. The molecule has 96 valence electrons. The molecule has 0 atom stereocenters. The van der Waals surface area contributed by atoms with Crippen LogP contribution in [-0.2, 0) is 5.88 Å². The number of imidazole rings is 1. The van der Waals surface area contributed by atoms with Crippen molar-refractivity contribution in [3.8, 4) is 5.69 Å². The van der Waals surface area contributed by atoms with E-state index >= 15 is 0 Å². The third-order valence-corrected chi connectivity index (χ3v) is 3.63. The molecular formula is C15H12Cl2N2. The summed E-state index contributed by atoms with van der Waals surface area (Å²) in [4.78, 5) is 4.54. The SMILES string of the molecule is Cc1cccc(-n2c(CCl)nc3c(Cl)cccc32)c1. The number of para-hydroxylation sites is 1. The van der Waals surface area contributed by atoms with Crippen LogP contribution in [0, 0.1) is 6.92 Å². The van der Waals surface area contributed by atoms with Gasteiger partial charge < -0.3 is 0 Å². The van der Waals surface area contributed by atoms with Crippen LogP contribution >= 0.6 is 23.2 Å². The molecule has 4 heteroatoms. The predicted molar refractivity (Wildman–Crippen MR) is 80.4 cm³/mol. The first-order valence-corrected chi connectivity index (χ1v) is 6.91. The highest BCUT2D eigenvalue weighted by atomic mass is 35.5. The van der Waals surface area contributed by atoms with E-state index in [4.69, 9.17) is 23.2 Å². The van der Waals surface area contributed by atoms with Gasteiger partial charge in [-0.1, -0.05) is 29.8 Å². The van der Waals surface area contributed by atoms with Gasteiger partial charge in [0.05, 0.1) is 16.4 Å². The van der Waals surface area contributed by atoms with Crippen LogP contribution in [0.2, 0.25) is 5.02 Å². The van der Waals surface area contributed by atoms with Gasteiger partial charge in [-0.25, -0.2) is 4.98 Å². The molecule has 0 saturated carbocycles. The Labute approximate surface area is 121 Å². The quantitative estimate of drug-likeness (QED) is 0.624. The van der Waals surface area contributed by atoms with Gasteiger partial charge >= 0.3 is 0 Å². The van der Waals surface area contributed by atoms with Gasteiger partial charge in [0.25, 0.3) is 0 Å². The topological polar surface area (TPSA) is 17.8 Å².